The van der Waals surface area contributed by atoms with Crippen LogP contribution in [0.5, 0.6) is 0 Å². The minimum Gasteiger partial charge on any atom is -0.412 e. The van der Waals surface area contributed by atoms with E-state index in [1.807, 2.05) is 0 Å². The van der Waals surface area contributed by atoms with Crippen molar-refractivity contribution in [1.82, 2.24) is 0 Å². The molecule has 0 heterocycles. The fourth-order valence-electron chi connectivity index (χ4n) is 3.77. The third-order valence-corrected chi connectivity index (χ3v) is 4.98. The summed E-state index contributed by atoms with van der Waals surface area (Å²) in [5.41, 5.74) is 8.39. The molecule has 2 nitrogen and oxygen atoms in total. The van der Waals surface area contributed by atoms with E-state index in [1.54, 1.807) is 0 Å². The molecule has 0 saturated heterocycles. The highest BCUT2D eigenvalue weighted by atomic mass is 16.0. The van der Waals surface area contributed by atoms with Gasteiger partial charge in [-0.2, -0.15) is 0 Å². The molecule has 1 aromatic rings. The molecule has 134 valence electrons. The van der Waals surface area contributed by atoms with Gasteiger partial charge in [-0.05, 0) is 37.2 Å². The van der Waals surface area contributed by atoms with Crippen LogP contribution in [0.25, 0.3) is 0 Å². The molecule has 0 radical (unpaired) electrons. The molecule has 0 aliphatic carbocycles. The SMILES string of the molecule is CCCCCCC(Cc1ccccc1)C(N)(CCC)CCC.O. The standard InChI is InChI=1S/C21H37N.H2O/c1-4-7-8-12-15-20(18-19-13-10-9-11-14-19)21(22,16-5-2)17-6-3;/h9-11,13-14,20H,4-8,12,15-18,22H2,1-3H3;1H2. The van der Waals surface area contributed by atoms with Crippen molar-refractivity contribution in [3.8, 4) is 0 Å². The Morgan fingerprint density at radius 2 is 1.48 bits per heavy atom. The van der Waals surface area contributed by atoms with E-state index in [-0.39, 0.29) is 11.0 Å². The Labute approximate surface area is 144 Å². The number of rotatable bonds is 12. The van der Waals surface area contributed by atoms with E-state index in [4.69, 9.17) is 5.73 Å². The summed E-state index contributed by atoms with van der Waals surface area (Å²) < 4.78 is 0. The lowest BCUT2D eigenvalue weighted by Crippen LogP contribution is -2.48. The van der Waals surface area contributed by atoms with E-state index in [0.29, 0.717) is 5.92 Å². The second-order valence-corrected chi connectivity index (χ2v) is 6.97. The molecule has 1 rings (SSSR count). The van der Waals surface area contributed by atoms with E-state index in [9.17, 15) is 0 Å². The van der Waals surface area contributed by atoms with E-state index < -0.39 is 0 Å². The van der Waals surface area contributed by atoms with Gasteiger partial charge in [0.1, 0.15) is 0 Å². The first-order valence-corrected chi connectivity index (χ1v) is 9.49. The Hall–Kier alpha value is -0.860. The number of hydrogen-bond acceptors (Lipinski definition) is 1. The van der Waals surface area contributed by atoms with Gasteiger partial charge in [0.15, 0.2) is 0 Å². The molecule has 0 aromatic heterocycles. The van der Waals surface area contributed by atoms with Crippen LogP contribution in [0, 0.1) is 5.92 Å². The molecule has 0 bridgehead atoms. The van der Waals surface area contributed by atoms with E-state index in [2.05, 4.69) is 51.1 Å². The topological polar surface area (TPSA) is 57.5 Å². The van der Waals surface area contributed by atoms with Gasteiger partial charge in [0.2, 0.25) is 0 Å². The maximum Gasteiger partial charge on any atom is 0.0185 e. The Kier molecular flexibility index (Phi) is 12.1. The Morgan fingerprint density at radius 3 is 2.00 bits per heavy atom. The number of hydrogen-bond donors (Lipinski definition) is 1. The smallest absolute Gasteiger partial charge is 0.0185 e. The predicted octanol–water partition coefficient (Wildman–Crippen LogP) is 5.29. The van der Waals surface area contributed by atoms with Crippen molar-refractivity contribution in [3.05, 3.63) is 35.9 Å². The van der Waals surface area contributed by atoms with Crippen molar-refractivity contribution < 1.29 is 5.48 Å². The molecule has 0 amide bonds. The number of nitrogens with two attached hydrogens (primary N) is 1. The lowest BCUT2D eigenvalue weighted by Gasteiger charge is -2.38. The lowest BCUT2D eigenvalue weighted by molar-refractivity contribution is 0.211. The molecule has 0 fully saturated rings. The summed E-state index contributed by atoms with van der Waals surface area (Å²) in [6.45, 7) is 6.82. The second kappa shape index (κ2) is 12.5. The van der Waals surface area contributed by atoms with Crippen LogP contribution in [0.4, 0.5) is 0 Å². The molecule has 23 heavy (non-hydrogen) atoms. The van der Waals surface area contributed by atoms with Crippen molar-refractivity contribution in [2.75, 3.05) is 0 Å². The summed E-state index contributed by atoms with van der Waals surface area (Å²) in [6, 6.07) is 10.9. The van der Waals surface area contributed by atoms with Crippen LogP contribution in [0.3, 0.4) is 0 Å². The Morgan fingerprint density at radius 1 is 0.870 bits per heavy atom. The third-order valence-electron chi connectivity index (χ3n) is 4.98. The van der Waals surface area contributed by atoms with Gasteiger partial charge in [-0.25, -0.2) is 0 Å². The van der Waals surface area contributed by atoms with Gasteiger partial charge >= 0.3 is 0 Å². The lowest BCUT2D eigenvalue weighted by atomic mass is 9.72. The molecule has 4 N–H and O–H groups in total. The number of unbranched alkanes of at least 4 members (excludes halogenated alkanes) is 3. The van der Waals surface area contributed by atoms with E-state index >= 15 is 0 Å². The largest absolute Gasteiger partial charge is 0.412 e. The van der Waals surface area contributed by atoms with Gasteiger partial charge in [-0.1, -0.05) is 89.6 Å². The van der Waals surface area contributed by atoms with Gasteiger partial charge in [0, 0.05) is 5.54 Å². The second-order valence-electron chi connectivity index (χ2n) is 6.97. The van der Waals surface area contributed by atoms with Crippen LogP contribution in [-0.4, -0.2) is 11.0 Å². The van der Waals surface area contributed by atoms with Gasteiger partial charge in [-0.15, -0.1) is 0 Å². The molecule has 1 unspecified atom stereocenters. The molecular formula is C21H39NO. The minimum absolute atomic E-state index is 0. The van der Waals surface area contributed by atoms with Crippen LogP contribution in [0.1, 0.15) is 84.1 Å². The zero-order valence-electron chi connectivity index (χ0n) is 15.6. The molecule has 0 saturated carbocycles. The van der Waals surface area contributed by atoms with Crippen LogP contribution < -0.4 is 5.73 Å². The molecular weight excluding hydrogens is 282 g/mol. The van der Waals surface area contributed by atoms with Gasteiger partial charge in [0.25, 0.3) is 0 Å². The van der Waals surface area contributed by atoms with Crippen LogP contribution in [0.15, 0.2) is 30.3 Å². The molecule has 1 atom stereocenters. The fraction of sp³-hybridized carbons (Fsp3) is 0.714. The first kappa shape index (κ1) is 22.1. The minimum atomic E-state index is 0. The van der Waals surface area contributed by atoms with E-state index in [1.165, 1.54) is 50.5 Å². The van der Waals surface area contributed by atoms with Crippen molar-refractivity contribution in [1.29, 1.82) is 0 Å². The summed E-state index contributed by atoms with van der Waals surface area (Å²) in [6.07, 6.45) is 12.5. The summed E-state index contributed by atoms with van der Waals surface area (Å²) in [4.78, 5) is 0. The van der Waals surface area contributed by atoms with Gasteiger partial charge in [-0.3, -0.25) is 0 Å². The number of benzene rings is 1. The zero-order valence-corrected chi connectivity index (χ0v) is 15.6. The average molecular weight is 322 g/mol. The normalized spacial score (nSPS) is 12.7. The summed E-state index contributed by atoms with van der Waals surface area (Å²) in [5, 5.41) is 0. The van der Waals surface area contributed by atoms with Crippen molar-refractivity contribution in [3.63, 3.8) is 0 Å². The zero-order chi connectivity index (χ0) is 16.3. The van der Waals surface area contributed by atoms with Gasteiger partial charge in [0.05, 0.1) is 0 Å². The molecule has 1 aromatic carbocycles. The average Bonchev–Trinajstić information content (AvgIpc) is 2.52. The summed E-state index contributed by atoms with van der Waals surface area (Å²) in [5.74, 6) is 0.617. The monoisotopic (exact) mass is 321 g/mol. The maximum absolute atomic E-state index is 6.93. The van der Waals surface area contributed by atoms with Crippen molar-refractivity contribution in [2.24, 2.45) is 11.7 Å². The predicted molar refractivity (Wildman–Crippen MR) is 103 cm³/mol. The molecule has 0 aliphatic rings. The highest BCUT2D eigenvalue weighted by Gasteiger charge is 2.32. The molecule has 0 aliphatic heterocycles. The first-order valence-electron chi connectivity index (χ1n) is 9.49. The van der Waals surface area contributed by atoms with E-state index in [0.717, 1.165) is 19.3 Å². The van der Waals surface area contributed by atoms with Crippen molar-refractivity contribution in [2.45, 2.75) is 90.5 Å². The summed E-state index contributed by atoms with van der Waals surface area (Å²) in [7, 11) is 0. The maximum atomic E-state index is 6.93. The first-order chi connectivity index (χ1) is 10.7. The highest BCUT2D eigenvalue weighted by Crippen LogP contribution is 2.32. The third kappa shape index (κ3) is 7.99. The molecule has 0 spiro atoms. The quantitative estimate of drug-likeness (QED) is 0.522. The summed E-state index contributed by atoms with van der Waals surface area (Å²) >= 11 is 0. The Bertz CT molecular complexity index is 371. The van der Waals surface area contributed by atoms with Crippen LogP contribution in [0.2, 0.25) is 0 Å². The van der Waals surface area contributed by atoms with Gasteiger partial charge < -0.3 is 11.2 Å². The molecule has 2 heteroatoms. The Balaban J connectivity index is 0.00000484. The highest BCUT2D eigenvalue weighted by molar-refractivity contribution is 5.16. The fourth-order valence-corrected chi connectivity index (χ4v) is 3.77. The van der Waals surface area contributed by atoms with Crippen molar-refractivity contribution >= 4 is 0 Å². The van der Waals surface area contributed by atoms with Crippen LogP contribution in [-0.2, 0) is 6.42 Å². The van der Waals surface area contributed by atoms with Crippen LogP contribution >= 0.6 is 0 Å².